The molecule has 3 N–H and O–H groups in total. The van der Waals surface area contributed by atoms with Crippen molar-refractivity contribution in [2.24, 2.45) is 5.73 Å². The van der Waals surface area contributed by atoms with Crippen LogP contribution in [0.2, 0.25) is 0 Å². The minimum atomic E-state index is -3.51. The van der Waals surface area contributed by atoms with Crippen LogP contribution in [0.1, 0.15) is 15.3 Å². The summed E-state index contributed by atoms with van der Waals surface area (Å²) in [5.41, 5.74) is 6.44. The van der Waals surface area contributed by atoms with Gasteiger partial charge in [0.2, 0.25) is 10.0 Å². The lowest BCUT2D eigenvalue weighted by Crippen LogP contribution is -2.23. The molecule has 0 bridgehead atoms. The van der Waals surface area contributed by atoms with Crippen LogP contribution in [0.3, 0.4) is 0 Å². The molecule has 0 atom stereocenters. The monoisotopic (exact) mass is 374 g/mol. The first-order valence-corrected chi connectivity index (χ1v) is 9.06. The number of aryl methyl sites for hydroxylation is 1. The molecule has 0 spiro atoms. The van der Waals surface area contributed by atoms with Crippen LogP contribution in [-0.4, -0.2) is 8.42 Å². The van der Waals surface area contributed by atoms with E-state index >= 15 is 0 Å². The van der Waals surface area contributed by atoms with Crippen molar-refractivity contribution in [1.29, 1.82) is 0 Å². The van der Waals surface area contributed by atoms with E-state index in [-0.39, 0.29) is 6.54 Å². The molecule has 2 rings (SSSR count). The predicted octanol–water partition coefficient (Wildman–Crippen LogP) is 2.76. The highest BCUT2D eigenvalue weighted by molar-refractivity contribution is 9.10. The summed E-state index contributed by atoms with van der Waals surface area (Å²) < 4.78 is 28.1. The summed E-state index contributed by atoms with van der Waals surface area (Å²) >= 11 is 4.81. The molecule has 0 saturated heterocycles. The van der Waals surface area contributed by atoms with Crippen molar-refractivity contribution in [3.63, 3.8) is 0 Å². The molecule has 0 aliphatic carbocycles. The highest BCUT2D eigenvalue weighted by Gasteiger charge is 2.19. The fourth-order valence-electron chi connectivity index (χ4n) is 1.78. The van der Waals surface area contributed by atoms with Crippen LogP contribution in [0.25, 0.3) is 0 Å². The maximum Gasteiger partial charge on any atom is 0.241 e. The Balaban J connectivity index is 2.19. The summed E-state index contributed by atoms with van der Waals surface area (Å²) in [5, 5.41) is 0. The number of nitrogens with two attached hydrogens (primary N) is 1. The molecular formula is C13H15BrN2O2S2. The lowest BCUT2D eigenvalue weighted by atomic mass is 10.2. The van der Waals surface area contributed by atoms with Gasteiger partial charge in [0.05, 0.1) is 4.90 Å². The van der Waals surface area contributed by atoms with Gasteiger partial charge in [-0.05, 0) is 24.6 Å². The molecular weight excluding hydrogens is 360 g/mol. The van der Waals surface area contributed by atoms with Gasteiger partial charge in [0.25, 0.3) is 0 Å². The highest BCUT2D eigenvalue weighted by Crippen LogP contribution is 2.25. The first-order chi connectivity index (χ1) is 9.44. The minimum absolute atomic E-state index is 0.247. The Morgan fingerprint density at radius 2 is 2.05 bits per heavy atom. The van der Waals surface area contributed by atoms with Crippen molar-refractivity contribution in [3.8, 4) is 0 Å². The summed E-state index contributed by atoms with van der Waals surface area (Å²) in [6.07, 6.45) is 0. The molecule has 108 valence electrons. The molecule has 0 unspecified atom stereocenters. The molecule has 0 radical (unpaired) electrons. The van der Waals surface area contributed by atoms with E-state index in [1.54, 1.807) is 13.0 Å². The van der Waals surface area contributed by atoms with Gasteiger partial charge in [0.1, 0.15) is 0 Å². The number of hydrogen-bond acceptors (Lipinski definition) is 4. The van der Waals surface area contributed by atoms with Crippen LogP contribution in [0.5, 0.6) is 0 Å². The van der Waals surface area contributed by atoms with Crippen LogP contribution in [0.15, 0.2) is 39.7 Å². The normalized spacial score (nSPS) is 11.8. The van der Waals surface area contributed by atoms with E-state index in [4.69, 9.17) is 5.73 Å². The fourth-order valence-corrected chi connectivity index (χ4v) is 4.73. The average Bonchev–Trinajstić information content (AvgIpc) is 2.80. The molecule has 0 aliphatic heterocycles. The number of rotatable bonds is 5. The van der Waals surface area contributed by atoms with Crippen molar-refractivity contribution in [2.75, 3.05) is 0 Å². The molecule has 1 aromatic heterocycles. The maximum atomic E-state index is 12.3. The van der Waals surface area contributed by atoms with Gasteiger partial charge in [-0.2, -0.15) is 0 Å². The smallest absolute Gasteiger partial charge is 0.241 e. The fraction of sp³-hybridized carbons (Fsp3) is 0.231. The van der Waals surface area contributed by atoms with Crippen LogP contribution < -0.4 is 10.5 Å². The Morgan fingerprint density at radius 3 is 2.65 bits per heavy atom. The molecule has 7 heteroatoms. The van der Waals surface area contributed by atoms with Gasteiger partial charge in [-0.25, -0.2) is 13.1 Å². The van der Waals surface area contributed by atoms with E-state index in [2.05, 4.69) is 20.7 Å². The topological polar surface area (TPSA) is 72.2 Å². The number of benzene rings is 1. The summed E-state index contributed by atoms with van der Waals surface area (Å²) in [6, 6.07) is 9.15. The zero-order valence-electron chi connectivity index (χ0n) is 10.9. The number of sulfonamides is 1. The van der Waals surface area contributed by atoms with E-state index in [0.717, 1.165) is 19.8 Å². The largest absolute Gasteiger partial charge is 0.326 e. The van der Waals surface area contributed by atoms with Gasteiger partial charge in [-0.3, -0.25) is 0 Å². The molecule has 1 heterocycles. The first kappa shape index (κ1) is 15.7. The highest BCUT2D eigenvalue weighted by atomic mass is 79.9. The van der Waals surface area contributed by atoms with Crippen LogP contribution in [0.4, 0.5) is 0 Å². The summed E-state index contributed by atoms with van der Waals surface area (Å²) in [5.74, 6) is 0. The zero-order valence-corrected chi connectivity index (χ0v) is 14.1. The van der Waals surface area contributed by atoms with Crippen molar-refractivity contribution in [2.45, 2.75) is 24.9 Å². The Kier molecular flexibility index (Phi) is 4.98. The van der Waals surface area contributed by atoms with Crippen molar-refractivity contribution < 1.29 is 8.42 Å². The lowest BCUT2D eigenvalue weighted by molar-refractivity contribution is 0.581. The molecule has 4 nitrogen and oxygen atoms in total. The number of thiophene rings is 1. The van der Waals surface area contributed by atoms with E-state index < -0.39 is 10.0 Å². The van der Waals surface area contributed by atoms with Gasteiger partial charge in [-0.15, -0.1) is 11.3 Å². The van der Waals surface area contributed by atoms with E-state index in [1.807, 2.05) is 24.3 Å². The third-order valence-corrected chi connectivity index (χ3v) is 6.33. The Morgan fingerprint density at radius 1 is 1.35 bits per heavy atom. The molecule has 0 amide bonds. The number of hydrogen-bond donors (Lipinski definition) is 2. The summed E-state index contributed by atoms with van der Waals surface area (Å²) in [7, 11) is -3.51. The standard InChI is InChI=1S/C13H15BrN2O2S2/c1-9-13(6-11(7-15)19-9)20(17,18)16-8-10-4-2-3-5-12(10)14/h2-6,16H,7-8,15H2,1H3. The van der Waals surface area contributed by atoms with Gasteiger partial charge >= 0.3 is 0 Å². The van der Waals surface area contributed by atoms with Crippen LogP contribution in [-0.2, 0) is 23.1 Å². The molecule has 2 aromatic rings. The molecule has 1 aromatic carbocycles. The lowest BCUT2D eigenvalue weighted by Gasteiger charge is -2.07. The minimum Gasteiger partial charge on any atom is -0.326 e. The second kappa shape index (κ2) is 6.36. The zero-order chi connectivity index (χ0) is 14.8. The third kappa shape index (κ3) is 3.48. The Bertz CT molecular complexity index is 711. The number of halogens is 1. The second-order valence-electron chi connectivity index (χ2n) is 4.25. The molecule has 20 heavy (non-hydrogen) atoms. The first-order valence-electron chi connectivity index (χ1n) is 5.96. The van der Waals surface area contributed by atoms with Gasteiger partial charge in [0.15, 0.2) is 0 Å². The summed E-state index contributed by atoms with van der Waals surface area (Å²) in [6.45, 7) is 2.39. The quantitative estimate of drug-likeness (QED) is 0.844. The molecule has 0 aliphatic rings. The second-order valence-corrected chi connectivity index (χ2v) is 8.18. The Labute approximate surface area is 131 Å². The van der Waals surface area contributed by atoms with Gasteiger partial charge < -0.3 is 5.73 Å². The average molecular weight is 375 g/mol. The van der Waals surface area contributed by atoms with Crippen LogP contribution >= 0.6 is 27.3 Å². The Hall–Kier alpha value is -0.730. The SMILES string of the molecule is Cc1sc(CN)cc1S(=O)(=O)NCc1ccccc1Br. The molecule has 0 fully saturated rings. The van der Waals surface area contributed by atoms with Gasteiger partial charge in [-0.1, -0.05) is 34.1 Å². The van der Waals surface area contributed by atoms with Crippen molar-refractivity contribution in [1.82, 2.24) is 4.72 Å². The summed E-state index contributed by atoms with van der Waals surface area (Å²) in [4.78, 5) is 1.93. The van der Waals surface area contributed by atoms with Crippen molar-refractivity contribution >= 4 is 37.3 Å². The van der Waals surface area contributed by atoms with Gasteiger partial charge in [0, 0.05) is 27.3 Å². The predicted molar refractivity (Wildman–Crippen MR) is 85.1 cm³/mol. The van der Waals surface area contributed by atoms with Crippen molar-refractivity contribution in [3.05, 3.63) is 50.1 Å². The van der Waals surface area contributed by atoms with E-state index in [9.17, 15) is 8.42 Å². The number of nitrogens with one attached hydrogen (secondary N) is 1. The maximum absolute atomic E-state index is 12.3. The van der Waals surface area contributed by atoms with E-state index in [0.29, 0.717) is 11.4 Å². The van der Waals surface area contributed by atoms with E-state index in [1.165, 1.54) is 11.3 Å². The molecule has 0 saturated carbocycles. The van der Waals surface area contributed by atoms with Crippen LogP contribution in [0, 0.1) is 6.92 Å². The third-order valence-electron chi connectivity index (χ3n) is 2.82.